The monoisotopic (exact) mass is 390 g/mol. The van der Waals surface area contributed by atoms with Crippen LogP contribution in [0.3, 0.4) is 0 Å². The lowest BCUT2D eigenvalue weighted by molar-refractivity contribution is 0.488. The van der Waals surface area contributed by atoms with E-state index in [2.05, 4.69) is 9.71 Å². The van der Waals surface area contributed by atoms with Crippen LogP contribution in [0.4, 0.5) is 0 Å². The van der Waals surface area contributed by atoms with Crippen molar-refractivity contribution in [2.24, 2.45) is 10.7 Å². The van der Waals surface area contributed by atoms with Crippen LogP contribution in [-0.4, -0.2) is 50.7 Å². The van der Waals surface area contributed by atoms with Gasteiger partial charge in [0.15, 0.2) is 5.96 Å². The highest BCUT2D eigenvalue weighted by Crippen LogP contribution is 2.24. The van der Waals surface area contributed by atoms with Gasteiger partial charge in [-0.15, -0.1) is 24.0 Å². The number of rotatable bonds is 6. The first kappa shape index (κ1) is 17.9. The first-order chi connectivity index (χ1) is 7.82. The Morgan fingerprint density at radius 1 is 1.50 bits per heavy atom. The maximum Gasteiger partial charge on any atom is 0.213 e. The number of hydrogen-bond acceptors (Lipinski definition) is 3. The van der Waals surface area contributed by atoms with E-state index in [1.54, 1.807) is 13.8 Å². The number of halogens is 1. The molecule has 0 aliphatic heterocycles. The van der Waals surface area contributed by atoms with Gasteiger partial charge < -0.3 is 10.6 Å². The molecule has 3 N–H and O–H groups in total. The third-order valence-electron chi connectivity index (χ3n) is 2.51. The predicted molar refractivity (Wildman–Crippen MR) is 84.7 cm³/mol. The summed E-state index contributed by atoms with van der Waals surface area (Å²) in [6.45, 7) is 3.77. The Kier molecular flexibility index (Phi) is 7.45. The summed E-state index contributed by atoms with van der Waals surface area (Å²) in [4.78, 5) is 5.98. The largest absolute Gasteiger partial charge is 0.370 e. The quantitative estimate of drug-likeness (QED) is 0.389. The van der Waals surface area contributed by atoms with Gasteiger partial charge in [0.1, 0.15) is 0 Å². The Morgan fingerprint density at radius 2 is 2.06 bits per heavy atom. The number of guanidine groups is 1. The Hall–Kier alpha value is -0.0900. The van der Waals surface area contributed by atoms with E-state index >= 15 is 0 Å². The molecule has 8 heteroatoms. The molecule has 6 nitrogen and oxygen atoms in total. The van der Waals surface area contributed by atoms with Crippen LogP contribution in [0.5, 0.6) is 0 Å². The SMILES string of the molecule is CC(C)NS(=O)(=O)CCN=C(N)N(C)C1CC1.I. The third-order valence-corrected chi connectivity index (χ3v) is 4.06. The zero-order valence-electron chi connectivity index (χ0n) is 11.1. The molecule has 108 valence electrons. The summed E-state index contributed by atoms with van der Waals surface area (Å²) in [5, 5.41) is 0. The van der Waals surface area contributed by atoms with Gasteiger partial charge in [-0.2, -0.15) is 0 Å². The fourth-order valence-electron chi connectivity index (χ4n) is 1.46. The maximum atomic E-state index is 11.5. The van der Waals surface area contributed by atoms with Crippen molar-refractivity contribution >= 4 is 40.0 Å². The highest BCUT2D eigenvalue weighted by Gasteiger charge is 2.27. The minimum absolute atomic E-state index is 0. The molecule has 0 aromatic carbocycles. The van der Waals surface area contributed by atoms with E-state index in [-0.39, 0.29) is 42.3 Å². The second-order valence-electron chi connectivity index (χ2n) is 4.67. The molecule has 1 saturated carbocycles. The lowest BCUT2D eigenvalue weighted by atomic mass is 10.4. The second-order valence-corrected chi connectivity index (χ2v) is 6.55. The van der Waals surface area contributed by atoms with Crippen molar-refractivity contribution in [2.45, 2.75) is 38.8 Å². The minimum atomic E-state index is -3.24. The average molecular weight is 390 g/mol. The molecule has 0 amide bonds. The van der Waals surface area contributed by atoms with Crippen molar-refractivity contribution in [2.75, 3.05) is 19.3 Å². The molecule has 0 aromatic rings. The summed E-state index contributed by atoms with van der Waals surface area (Å²) in [6.07, 6.45) is 2.28. The highest BCUT2D eigenvalue weighted by atomic mass is 127. The molecule has 1 fully saturated rings. The van der Waals surface area contributed by atoms with E-state index in [1.165, 1.54) is 0 Å². The molecule has 1 rings (SSSR count). The second kappa shape index (κ2) is 7.49. The number of nitrogens with one attached hydrogen (secondary N) is 1. The van der Waals surface area contributed by atoms with Gasteiger partial charge >= 0.3 is 0 Å². The Bertz CT molecular complexity index is 379. The Labute approximate surface area is 126 Å². The normalized spacial score (nSPS) is 16.6. The van der Waals surface area contributed by atoms with Crippen LogP contribution in [0.15, 0.2) is 4.99 Å². The number of aliphatic imine (C=N–C) groups is 1. The van der Waals surface area contributed by atoms with Crippen LogP contribution in [0, 0.1) is 0 Å². The van der Waals surface area contributed by atoms with Crippen LogP contribution in [0.2, 0.25) is 0 Å². The summed E-state index contributed by atoms with van der Waals surface area (Å²) >= 11 is 0. The number of hydrogen-bond donors (Lipinski definition) is 2. The molecule has 0 spiro atoms. The van der Waals surface area contributed by atoms with Crippen molar-refractivity contribution in [3.05, 3.63) is 0 Å². The first-order valence-electron chi connectivity index (χ1n) is 5.84. The van der Waals surface area contributed by atoms with Crippen molar-refractivity contribution in [1.29, 1.82) is 0 Å². The van der Waals surface area contributed by atoms with Gasteiger partial charge in [0, 0.05) is 19.1 Å². The van der Waals surface area contributed by atoms with Gasteiger partial charge in [0.05, 0.1) is 12.3 Å². The minimum Gasteiger partial charge on any atom is -0.370 e. The molecular weight excluding hydrogens is 367 g/mol. The molecule has 0 bridgehead atoms. The molecule has 0 unspecified atom stereocenters. The fourth-order valence-corrected chi connectivity index (χ4v) is 2.63. The number of nitrogens with zero attached hydrogens (tertiary/aromatic N) is 2. The average Bonchev–Trinajstić information content (AvgIpc) is 2.96. The lowest BCUT2D eigenvalue weighted by Gasteiger charge is -2.16. The summed E-state index contributed by atoms with van der Waals surface area (Å²) in [5.41, 5.74) is 5.75. The topological polar surface area (TPSA) is 87.8 Å². The molecule has 18 heavy (non-hydrogen) atoms. The van der Waals surface area contributed by atoms with E-state index in [1.807, 2.05) is 11.9 Å². The zero-order chi connectivity index (χ0) is 13.1. The van der Waals surface area contributed by atoms with Crippen molar-refractivity contribution in [1.82, 2.24) is 9.62 Å². The predicted octanol–water partition coefficient (Wildman–Crippen LogP) is 0.341. The van der Waals surface area contributed by atoms with Crippen molar-refractivity contribution < 1.29 is 8.42 Å². The fraction of sp³-hybridized carbons (Fsp3) is 0.900. The molecule has 0 radical (unpaired) electrons. The van der Waals surface area contributed by atoms with Crippen molar-refractivity contribution in [3.63, 3.8) is 0 Å². The van der Waals surface area contributed by atoms with Crippen molar-refractivity contribution in [3.8, 4) is 0 Å². The van der Waals surface area contributed by atoms with Crippen LogP contribution < -0.4 is 10.5 Å². The smallest absolute Gasteiger partial charge is 0.213 e. The first-order valence-corrected chi connectivity index (χ1v) is 7.50. The van der Waals surface area contributed by atoms with Gasteiger partial charge in [-0.1, -0.05) is 0 Å². The van der Waals surface area contributed by atoms with Gasteiger partial charge in [-0.3, -0.25) is 4.99 Å². The molecule has 0 atom stereocenters. The van der Waals surface area contributed by atoms with E-state index in [9.17, 15) is 8.42 Å². The molecule has 0 saturated heterocycles. The van der Waals surface area contributed by atoms with Gasteiger partial charge in [-0.25, -0.2) is 13.1 Å². The van der Waals surface area contributed by atoms with Gasteiger partial charge in [-0.05, 0) is 26.7 Å². The maximum absolute atomic E-state index is 11.5. The van der Waals surface area contributed by atoms with Gasteiger partial charge in [0.2, 0.25) is 10.0 Å². The Morgan fingerprint density at radius 3 is 2.50 bits per heavy atom. The van der Waals surface area contributed by atoms with Crippen LogP contribution >= 0.6 is 24.0 Å². The number of nitrogens with two attached hydrogens (primary N) is 1. The van der Waals surface area contributed by atoms with Crippen LogP contribution in [0.25, 0.3) is 0 Å². The molecule has 0 aromatic heterocycles. The standard InChI is InChI=1S/C10H22N4O2S.HI/c1-8(2)13-17(15,16)7-6-12-10(11)14(3)9-4-5-9;/h8-9,13H,4-7H2,1-3H3,(H2,11,12);1H. The van der Waals surface area contributed by atoms with Gasteiger partial charge in [0.25, 0.3) is 0 Å². The van der Waals surface area contributed by atoms with E-state index < -0.39 is 10.0 Å². The van der Waals surface area contributed by atoms with Crippen LogP contribution in [0.1, 0.15) is 26.7 Å². The molecular formula is C10H23IN4O2S. The van der Waals surface area contributed by atoms with E-state index in [4.69, 9.17) is 5.73 Å². The molecule has 1 aliphatic carbocycles. The summed E-state index contributed by atoms with van der Waals surface area (Å²) in [6, 6.07) is 0.402. The van der Waals surface area contributed by atoms with E-state index in [0.717, 1.165) is 12.8 Å². The highest BCUT2D eigenvalue weighted by molar-refractivity contribution is 14.0. The summed E-state index contributed by atoms with van der Waals surface area (Å²) in [7, 11) is -1.35. The lowest BCUT2D eigenvalue weighted by Crippen LogP contribution is -2.37. The molecule has 1 aliphatic rings. The molecule has 0 heterocycles. The summed E-state index contributed by atoms with van der Waals surface area (Å²) in [5.74, 6) is 0.400. The van der Waals surface area contributed by atoms with E-state index in [0.29, 0.717) is 12.0 Å². The number of sulfonamides is 1. The zero-order valence-corrected chi connectivity index (χ0v) is 14.2. The summed E-state index contributed by atoms with van der Waals surface area (Å²) < 4.78 is 25.5. The Balaban J connectivity index is 0.00000289. The van der Waals surface area contributed by atoms with Crippen LogP contribution in [-0.2, 0) is 10.0 Å². The third kappa shape index (κ3) is 6.74.